The van der Waals surface area contributed by atoms with Crippen molar-refractivity contribution in [2.45, 2.75) is 32.9 Å². The third kappa shape index (κ3) is 5.87. The van der Waals surface area contributed by atoms with Gasteiger partial charge in [0.1, 0.15) is 17.5 Å². The Hall–Kier alpha value is -2.74. The molecule has 0 fully saturated rings. The van der Waals surface area contributed by atoms with Crippen LogP contribution in [0.1, 0.15) is 25.8 Å². The number of methoxy groups -OCH3 is 1. The molecule has 1 atom stereocenters. The van der Waals surface area contributed by atoms with E-state index in [2.05, 4.69) is 5.32 Å². The molecule has 8 heteroatoms. The number of sulfonamides is 1. The fourth-order valence-corrected chi connectivity index (χ4v) is 4.26. The molecule has 2 rings (SSSR count). The minimum atomic E-state index is -3.71. The van der Waals surface area contributed by atoms with E-state index < -0.39 is 16.1 Å². The van der Waals surface area contributed by atoms with Gasteiger partial charge in [-0.15, -0.1) is 0 Å². The second-order valence-electron chi connectivity index (χ2n) is 6.44. The fraction of sp³-hybridized carbons (Fsp3) is 0.381. The number of rotatable bonds is 10. The summed E-state index contributed by atoms with van der Waals surface area (Å²) in [5, 5.41) is 2.84. The van der Waals surface area contributed by atoms with Crippen molar-refractivity contribution in [2.24, 2.45) is 0 Å². The maximum absolute atomic E-state index is 12.9. The highest BCUT2D eigenvalue weighted by Gasteiger charge is 2.31. The van der Waals surface area contributed by atoms with Gasteiger partial charge in [-0.3, -0.25) is 9.10 Å². The summed E-state index contributed by atoms with van der Waals surface area (Å²) >= 11 is 0. The maximum Gasteiger partial charge on any atom is 0.244 e. The van der Waals surface area contributed by atoms with Crippen molar-refractivity contribution in [3.8, 4) is 11.5 Å². The van der Waals surface area contributed by atoms with Crippen molar-refractivity contribution >= 4 is 21.6 Å². The van der Waals surface area contributed by atoms with Gasteiger partial charge in [-0.25, -0.2) is 8.42 Å². The Kier molecular flexibility index (Phi) is 7.90. The predicted octanol–water partition coefficient (Wildman–Crippen LogP) is 2.95. The van der Waals surface area contributed by atoms with E-state index >= 15 is 0 Å². The van der Waals surface area contributed by atoms with Gasteiger partial charge in [-0.1, -0.05) is 31.2 Å². The van der Waals surface area contributed by atoms with Gasteiger partial charge in [0, 0.05) is 18.2 Å². The second-order valence-corrected chi connectivity index (χ2v) is 8.30. The lowest BCUT2D eigenvalue weighted by molar-refractivity contribution is -0.122. The zero-order valence-electron chi connectivity index (χ0n) is 17.2. The topological polar surface area (TPSA) is 84.9 Å². The number of carbonyl (C=O) groups excluding carboxylic acids is 1. The first-order chi connectivity index (χ1) is 13.8. The molecule has 0 unspecified atom stereocenters. The van der Waals surface area contributed by atoms with Crippen LogP contribution in [0.4, 0.5) is 5.69 Å². The van der Waals surface area contributed by atoms with E-state index in [9.17, 15) is 13.2 Å². The number of para-hydroxylation sites is 1. The Morgan fingerprint density at radius 1 is 1.14 bits per heavy atom. The summed E-state index contributed by atoms with van der Waals surface area (Å²) in [6.07, 6.45) is 1.40. The van der Waals surface area contributed by atoms with Crippen molar-refractivity contribution in [1.29, 1.82) is 0 Å². The number of anilines is 1. The van der Waals surface area contributed by atoms with Gasteiger partial charge in [-0.2, -0.15) is 0 Å². The molecule has 1 amide bonds. The van der Waals surface area contributed by atoms with E-state index in [1.54, 1.807) is 31.2 Å². The van der Waals surface area contributed by atoms with E-state index in [1.165, 1.54) is 7.11 Å². The first kappa shape index (κ1) is 22.5. The molecule has 0 heterocycles. The zero-order chi connectivity index (χ0) is 21.4. The summed E-state index contributed by atoms with van der Waals surface area (Å²) in [4.78, 5) is 12.9. The quantitative estimate of drug-likeness (QED) is 0.639. The van der Waals surface area contributed by atoms with Crippen molar-refractivity contribution in [1.82, 2.24) is 5.32 Å². The van der Waals surface area contributed by atoms with Crippen LogP contribution in [0.25, 0.3) is 0 Å². The van der Waals surface area contributed by atoms with Crippen LogP contribution < -0.4 is 19.1 Å². The standard InChI is InChI=1S/C21H28N2O5S/c1-5-19(21(24)22-15-16-10-7-8-13-20(16)28-6-2)23(29(4,25)26)17-11-9-12-18(14-17)27-3/h7-14,19H,5-6,15H2,1-4H3,(H,22,24)/t19-/m0/s1. The third-order valence-corrected chi connectivity index (χ3v) is 5.54. The average molecular weight is 421 g/mol. The highest BCUT2D eigenvalue weighted by atomic mass is 32.2. The molecule has 0 aliphatic heterocycles. The molecule has 0 aromatic heterocycles. The van der Waals surface area contributed by atoms with Gasteiger partial charge >= 0.3 is 0 Å². The van der Waals surface area contributed by atoms with Crippen LogP contribution in [0.3, 0.4) is 0 Å². The minimum Gasteiger partial charge on any atom is -0.497 e. The fourth-order valence-electron chi connectivity index (χ4n) is 3.05. The SMILES string of the molecule is CCOc1ccccc1CNC(=O)[C@H](CC)N(c1cccc(OC)c1)S(C)(=O)=O. The summed E-state index contributed by atoms with van der Waals surface area (Å²) in [6.45, 7) is 4.42. The van der Waals surface area contributed by atoms with Crippen molar-refractivity contribution in [3.63, 3.8) is 0 Å². The molecular weight excluding hydrogens is 392 g/mol. The molecule has 0 aliphatic rings. The summed E-state index contributed by atoms with van der Waals surface area (Å²) in [5.74, 6) is 0.820. The average Bonchev–Trinajstić information content (AvgIpc) is 2.70. The Morgan fingerprint density at radius 3 is 2.48 bits per heavy atom. The van der Waals surface area contributed by atoms with Crippen LogP contribution in [-0.4, -0.2) is 40.3 Å². The predicted molar refractivity (Wildman–Crippen MR) is 114 cm³/mol. The monoisotopic (exact) mass is 420 g/mol. The molecule has 2 aromatic carbocycles. The van der Waals surface area contributed by atoms with Gasteiger partial charge in [0.25, 0.3) is 0 Å². The molecule has 0 aliphatic carbocycles. The number of carbonyl (C=O) groups is 1. The summed E-state index contributed by atoms with van der Waals surface area (Å²) in [6, 6.07) is 13.2. The first-order valence-corrected chi connectivity index (χ1v) is 11.3. The summed E-state index contributed by atoms with van der Waals surface area (Å²) in [5.41, 5.74) is 1.20. The van der Waals surface area contributed by atoms with E-state index in [4.69, 9.17) is 9.47 Å². The largest absolute Gasteiger partial charge is 0.497 e. The molecule has 2 aromatic rings. The number of nitrogens with zero attached hydrogens (tertiary/aromatic N) is 1. The highest BCUT2D eigenvalue weighted by molar-refractivity contribution is 7.92. The van der Waals surface area contributed by atoms with Gasteiger partial charge in [0.2, 0.25) is 15.9 Å². The van der Waals surface area contributed by atoms with Crippen molar-refractivity contribution in [3.05, 3.63) is 54.1 Å². The zero-order valence-corrected chi connectivity index (χ0v) is 18.0. The van der Waals surface area contributed by atoms with Crippen LogP contribution in [-0.2, 0) is 21.4 Å². The van der Waals surface area contributed by atoms with Gasteiger partial charge in [0.05, 0.1) is 25.7 Å². The van der Waals surface area contributed by atoms with E-state index in [0.29, 0.717) is 30.2 Å². The van der Waals surface area contributed by atoms with Crippen molar-refractivity contribution < 1.29 is 22.7 Å². The Morgan fingerprint density at radius 2 is 1.86 bits per heavy atom. The molecule has 29 heavy (non-hydrogen) atoms. The lowest BCUT2D eigenvalue weighted by Crippen LogP contribution is -2.49. The molecule has 7 nitrogen and oxygen atoms in total. The van der Waals surface area contributed by atoms with Gasteiger partial charge in [0.15, 0.2) is 0 Å². The second kappa shape index (κ2) is 10.2. The number of hydrogen-bond acceptors (Lipinski definition) is 5. The summed E-state index contributed by atoms with van der Waals surface area (Å²) in [7, 11) is -2.20. The van der Waals surface area contributed by atoms with Crippen LogP contribution in [0.5, 0.6) is 11.5 Å². The van der Waals surface area contributed by atoms with Crippen LogP contribution >= 0.6 is 0 Å². The van der Waals surface area contributed by atoms with Crippen LogP contribution in [0.15, 0.2) is 48.5 Å². The van der Waals surface area contributed by atoms with E-state index in [1.807, 2.05) is 31.2 Å². The van der Waals surface area contributed by atoms with Gasteiger partial charge < -0.3 is 14.8 Å². The Bertz CT molecular complexity index is 930. The van der Waals surface area contributed by atoms with Crippen LogP contribution in [0, 0.1) is 0 Å². The highest BCUT2D eigenvalue weighted by Crippen LogP contribution is 2.26. The number of hydrogen-bond donors (Lipinski definition) is 1. The normalized spacial score (nSPS) is 12.1. The minimum absolute atomic E-state index is 0.237. The molecule has 1 N–H and O–H groups in total. The lowest BCUT2D eigenvalue weighted by atomic mass is 10.1. The van der Waals surface area contributed by atoms with Crippen LogP contribution in [0.2, 0.25) is 0 Å². The van der Waals surface area contributed by atoms with E-state index in [-0.39, 0.29) is 12.5 Å². The Labute approximate surface area is 172 Å². The Balaban J connectivity index is 2.27. The number of ether oxygens (including phenoxy) is 2. The van der Waals surface area contributed by atoms with Crippen molar-refractivity contribution in [2.75, 3.05) is 24.3 Å². The lowest BCUT2D eigenvalue weighted by Gasteiger charge is -2.30. The number of benzene rings is 2. The summed E-state index contributed by atoms with van der Waals surface area (Å²) < 4.78 is 37.0. The maximum atomic E-state index is 12.9. The number of nitrogens with one attached hydrogen (secondary N) is 1. The molecule has 0 radical (unpaired) electrons. The molecule has 0 saturated heterocycles. The molecule has 0 spiro atoms. The molecular formula is C21H28N2O5S. The molecule has 158 valence electrons. The first-order valence-electron chi connectivity index (χ1n) is 9.43. The number of amides is 1. The third-order valence-electron chi connectivity index (χ3n) is 4.36. The van der Waals surface area contributed by atoms with Gasteiger partial charge in [-0.05, 0) is 31.5 Å². The molecule has 0 bridgehead atoms. The smallest absolute Gasteiger partial charge is 0.244 e. The van der Waals surface area contributed by atoms with E-state index in [0.717, 1.165) is 16.1 Å². The molecule has 0 saturated carbocycles.